The van der Waals surface area contributed by atoms with Crippen LogP contribution in [0.25, 0.3) is 6.08 Å². The number of sulfonamides is 1. The topological polar surface area (TPSA) is 114 Å². The van der Waals surface area contributed by atoms with Crippen molar-refractivity contribution in [3.05, 3.63) is 59.7 Å². The van der Waals surface area contributed by atoms with Crippen LogP contribution >= 0.6 is 0 Å². The molecule has 0 unspecified atom stereocenters. The summed E-state index contributed by atoms with van der Waals surface area (Å²) in [5.41, 5.74) is 1.29. The molecule has 0 aliphatic heterocycles. The van der Waals surface area contributed by atoms with Gasteiger partial charge >= 0.3 is 0 Å². The first-order valence-corrected chi connectivity index (χ1v) is 10.8. The van der Waals surface area contributed by atoms with Crippen molar-refractivity contribution >= 4 is 33.6 Å². The number of carbonyl (C=O) groups excluding carboxylic acids is 2. The van der Waals surface area contributed by atoms with Gasteiger partial charge in [-0.05, 0) is 55.8 Å². The molecule has 3 rings (SSSR count). The minimum atomic E-state index is -3.72. The lowest BCUT2D eigenvalue weighted by Gasteiger charge is -2.10. The molecule has 2 aromatic carbocycles. The smallest absolute Gasteiger partial charge is 0.253 e. The largest absolute Gasteiger partial charge is 0.495 e. The van der Waals surface area contributed by atoms with E-state index in [2.05, 4.69) is 15.4 Å². The first-order chi connectivity index (χ1) is 14.3. The number of ether oxygens (including phenoxy) is 1. The average molecular weight is 429 g/mol. The normalized spacial score (nSPS) is 13.8. The van der Waals surface area contributed by atoms with Crippen LogP contribution in [0.1, 0.15) is 28.8 Å². The maximum atomic E-state index is 12.4. The molecule has 0 atom stereocenters. The van der Waals surface area contributed by atoms with E-state index >= 15 is 0 Å². The average Bonchev–Trinajstić information content (AvgIpc) is 3.56. The Bertz CT molecular complexity index is 1090. The quantitative estimate of drug-likeness (QED) is 0.557. The number of anilines is 1. The lowest BCUT2D eigenvalue weighted by molar-refractivity contribution is -0.111. The highest BCUT2D eigenvalue weighted by Crippen LogP contribution is 2.25. The van der Waals surface area contributed by atoms with Crippen LogP contribution in [-0.2, 0) is 14.8 Å². The Kier molecular flexibility index (Phi) is 6.53. The second-order valence-electron chi connectivity index (χ2n) is 6.73. The fourth-order valence-electron chi connectivity index (χ4n) is 2.74. The molecule has 8 nitrogen and oxygen atoms in total. The molecule has 2 aromatic rings. The van der Waals surface area contributed by atoms with E-state index in [0.29, 0.717) is 16.8 Å². The lowest BCUT2D eigenvalue weighted by Crippen LogP contribution is -2.26. The Balaban J connectivity index is 1.76. The van der Waals surface area contributed by atoms with Crippen molar-refractivity contribution in [3.8, 4) is 5.75 Å². The zero-order chi connectivity index (χ0) is 21.7. The molecule has 1 aliphatic carbocycles. The maximum absolute atomic E-state index is 12.4. The van der Waals surface area contributed by atoms with Crippen LogP contribution in [-0.4, -0.2) is 40.4 Å². The van der Waals surface area contributed by atoms with Crippen LogP contribution in [0.2, 0.25) is 0 Å². The van der Waals surface area contributed by atoms with E-state index in [4.69, 9.17) is 4.74 Å². The maximum Gasteiger partial charge on any atom is 0.253 e. The molecule has 0 saturated heterocycles. The van der Waals surface area contributed by atoms with E-state index < -0.39 is 15.9 Å². The highest BCUT2D eigenvalue weighted by molar-refractivity contribution is 7.89. The van der Waals surface area contributed by atoms with Crippen LogP contribution in [0.5, 0.6) is 5.75 Å². The van der Waals surface area contributed by atoms with E-state index in [9.17, 15) is 18.0 Å². The fraction of sp³-hybridized carbons (Fsp3) is 0.238. The van der Waals surface area contributed by atoms with Gasteiger partial charge in [-0.3, -0.25) is 9.59 Å². The Labute approximate surface area is 175 Å². The third-order valence-corrected chi connectivity index (χ3v) is 5.95. The summed E-state index contributed by atoms with van der Waals surface area (Å²) in [5, 5.41) is 5.59. The van der Waals surface area contributed by atoms with Gasteiger partial charge in [-0.1, -0.05) is 18.2 Å². The van der Waals surface area contributed by atoms with Crippen molar-refractivity contribution in [2.24, 2.45) is 0 Å². The molecule has 0 spiro atoms. The van der Waals surface area contributed by atoms with Gasteiger partial charge in [-0.2, -0.15) is 0 Å². The van der Waals surface area contributed by atoms with Crippen molar-refractivity contribution in [1.82, 2.24) is 10.0 Å². The van der Waals surface area contributed by atoms with Gasteiger partial charge in [0.2, 0.25) is 15.9 Å². The number of hydrogen-bond acceptors (Lipinski definition) is 5. The van der Waals surface area contributed by atoms with Crippen molar-refractivity contribution in [3.63, 3.8) is 0 Å². The van der Waals surface area contributed by atoms with E-state index in [1.54, 1.807) is 30.3 Å². The summed E-state index contributed by atoms with van der Waals surface area (Å²) in [7, 11) is -1.04. The molecule has 0 aromatic heterocycles. The molecule has 2 amide bonds. The minimum absolute atomic E-state index is 0.0304. The summed E-state index contributed by atoms with van der Waals surface area (Å²) in [6, 6.07) is 11.5. The van der Waals surface area contributed by atoms with Crippen molar-refractivity contribution < 1.29 is 22.7 Å². The van der Waals surface area contributed by atoms with Gasteiger partial charge in [-0.25, -0.2) is 13.1 Å². The number of benzene rings is 2. The fourth-order valence-corrected chi connectivity index (χ4v) is 3.67. The Morgan fingerprint density at radius 1 is 1.13 bits per heavy atom. The molecule has 1 saturated carbocycles. The molecule has 0 bridgehead atoms. The first kappa shape index (κ1) is 21.5. The van der Waals surface area contributed by atoms with Crippen molar-refractivity contribution in [2.45, 2.75) is 23.8 Å². The van der Waals surface area contributed by atoms with Crippen LogP contribution in [0.3, 0.4) is 0 Å². The SMILES string of the molecule is CNS(=O)(=O)c1cc(/C=C/C(=O)Nc2ccccc2C(=O)NC2CC2)ccc1OC. The molecular formula is C21H23N3O5S. The number of rotatable bonds is 8. The number of para-hydroxylation sites is 1. The third-order valence-electron chi connectivity index (χ3n) is 4.52. The molecule has 9 heteroatoms. The first-order valence-electron chi connectivity index (χ1n) is 9.34. The summed E-state index contributed by atoms with van der Waals surface area (Å²) in [4.78, 5) is 24.7. The number of hydrogen-bond donors (Lipinski definition) is 3. The van der Waals surface area contributed by atoms with Gasteiger partial charge in [0.25, 0.3) is 5.91 Å². The Hall–Kier alpha value is -3.17. The van der Waals surface area contributed by atoms with Crippen LogP contribution in [0.15, 0.2) is 53.4 Å². The molecular weight excluding hydrogens is 406 g/mol. The predicted molar refractivity (Wildman–Crippen MR) is 114 cm³/mol. The molecule has 3 N–H and O–H groups in total. The van der Waals surface area contributed by atoms with Crippen LogP contribution < -0.4 is 20.1 Å². The van der Waals surface area contributed by atoms with Gasteiger partial charge in [0.15, 0.2) is 0 Å². The summed E-state index contributed by atoms with van der Waals surface area (Å²) >= 11 is 0. The summed E-state index contributed by atoms with van der Waals surface area (Å²) in [6.45, 7) is 0. The molecule has 0 heterocycles. The van der Waals surface area contributed by atoms with E-state index in [0.717, 1.165) is 12.8 Å². The number of carbonyl (C=O) groups is 2. The molecule has 0 radical (unpaired) electrons. The summed E-state index contributed by atoms with van der Waals surface area (Å²) in [5.74, 6) is -0.480. The highest BCUT2D eigenvalue weighted by atomic mass is 32.2. The molecule has 158 valence electrons. The lowest BCUT2D eigenvalue weighted by atomic mass is 10.1. The van der Waals surface area contributed by atoms with Gasteiger partial charge in [0.1, 0.15) is 10.6 Å². The van der Waals surface area contributed by atoms with Gasteiger partial charge in [0.05, 0.1) is 18.4 Å². The minimum Gasteiger partial charge on any atom is -0.495 e. The molecule has 30 heavy (non-hydrogen) atoms. The number of methoxy groups -OCH3 is 1. The van der Waals surface area contributed by atoms with E-state index in [1.165, 1.54) is 38.4 Å². The summed E-state index contributed by atoms with van der Waals surface area (Å²) in [6.07, 6.45) is 4.69. The Morgan fingerprint density at radius 2 is 1.87 bits per heavy atom. The number of amides is 2. The van der Waals surface area contributed by atoms with Crippen LogP contribution in [0.4, 0.5) is 5.69 Å². The van der Waals surface area contributed by atoms with Crippen LogP contribution in [0, 0.1) is 0 Å². The zero-order valence-corrected chi connectivity index (χ0v) is 17.5. The zero-order valence-electron chi connectivity index (χ0n) is 16.6. The second-order valence-corrected chi connectivity index (χ2v) is 8.59. The molecule has 1 aliphatic rings. The van der Waals surface area contributed by atoms with E-state index in [-0.39, 0.29) is 22.6 Å². The molecule has 1 fully saturated rings. The standard InChI is InChI=1S/C21H23N3O5S/c1-22-30(27,28)19-13-14(7-11-18(19)29-2)8-12-20(25)24-17-6-4-3-5-16(17)21(26)23-15-9-10-15/h3-8,11-13,15,22H,9-10H2,1-2H3,(H,23,26)(H,24,25)/b12-8+. The predicted octanol–water partition coefficient (Wildman–Crippen LogP) is 2.15. The van der Waals surface area contributed by atoms with Gasteiger partial charge in [0, 0.05) is 12.1 Å². The van der Waals surface area contributed by atoms with Crippen molar-refractivity contribution in [1.29, 1.82) is 0 Å². The second kappa shape index (κ2) is 9.10. The van der Waals surface area contributed by atoms with Gasteiger partial charge in [-0.15, -0.1) is 0 Å². The Morgan fingerprint density at radius 3 is 2.53 bits per heavy atom. The van der Waals surface area contributed by atoms with Crippen molar-refractivity contribution in [2.75, 3.05) is 19.5 Å². The third kappa shape index (κ3) is 5.25. The van der Waals surface area contributed by atoms with E-state index in [1.807, 2.05) is 0 Å². The number of nitrogens with one attached hydrogen (secondary N) is 3. The monoisotopic (exact) mass is 429 g/mol. The highest BCUT2D eigenvalue weighted by Gasteiger charge is 2.25. The van der Waals surface area contributed by atoms with Gasteiger partial charge < -0.3 is 15.4 Å². The summed E-state index contributed by atoms with van der Waals surface area (Å²) < 4.78 is 31.7.